The molecule has 0 aliphatic carbocycles. The lowest BCUT2D eigenvalue weighted by atomic mass is 10.1. The maximum absolute atomic E-state index is 8.64. The third kappa shape index (κ3) is 1.57. The maximum Gasteiger partial charge on any atom is 0.178 e. The zero-order valence-electron chi connectivity index (χ0n) is 6.97. The molecule has 0 bridgehead atoms. The summed E-state index contributed by atoms with van der Waals surface area (Å²) < 4.78 is 0. The summed E-state index contributed by atoms with van der Waals surface area (Å²) in [6.45, 7) is 0. The molecule has 2 N–H and O–H groups in total. The number of aromatic nitrogens is 2. The fraction of sp³-hybridized carbons (Fsp3) is 0.125. The van der Waals surface area contributed by atoms with Crippen LogP contribution in [0.5, 0.6) is 0 Å². The predicted molar refractivity (Wildman–Crippen MR) is 45.1 cm³/mol. The summed E-state index contributed by atoms with van der Waals surface area (Å²) in [5.41, 5.74) is 5.29. The van der Waals surface area contributed by atoms with E-state index in [-0.39, 0.29) is 17.2 Å². The van der Waals surface area contributed by atoms with Gasteiger partial charge in [-0.05, 0) is 0 Å². The summed E-state index contributed by atoms with van der Waals surface area (Å²) in [6.07, 6.45) is 1.20. The van der Waals surface area contributed by atoms with Gasteiger partial charge in [0.2, 0.25) is 0 Å². The van der Waals surface area contributed by atoms with E-state index in [4.69, 9.17) is 21.5 Å². The highest BCUT2D eigenvalue weighted by Crippen LogP contribution is 2.15. The number of nitrogens with zero attached hydrogens (tertiary/aromatic N) is 5. The normalized spacial score (nSPS) is 8.71. The Labute approximate surface area is 79.8 Å². The Morgan fingerprint density at radius 3 is 2.43 bits per heavy atom. The quantitative estimate of drug-likeness (QED) is 0.658. The Morgan fingerprint density at radius 2 is 1.93 bits per heavy atom. The van der Waals surface area contributed by atoms with Gasteiger partial charge in [-0.2, -0.15) is 15.8 Å². The zero-order valence-corrected chi connectivity index (χ0v) is 6.97. The van der Waals surface area contributed by atoms with E-state index in [0.29, 0.717) is 0 Å². The van der Waals surface area contributed by atoms with Crippen molar-refractivity contribution < 1.29 is 0 Å². The van der Waals surface area contributed by atoms with Crippen molar-refractivity contribution in [2.75, 3.05) is 5.73 Å². The van der Waals surface area contributed by atoms with Crippen LogP contribution in [0.1, 0.15) is 17.3 Å². The molecule has 14 heavy (non-hydrogen) atoms. The van der Waals surface area contributed by atoms with Crippen LogP contribution in [0.2, 0.25) is 0 Å². The minimum Gasteiger partial charge on any atom is -0.382 e. The third-order valence-corrected chi connectivity index (χ3v) is 1.46. The monoisotopic (exact) mass is 184 g/mol. The summed E-state index contributed by atoms with van der Waals surface area (Å²) >= 11 is 0. The topological polar surface area (TPSA) is 123 Å². The molecule has 0 spiro atoms. The van der Waals surface area contributed by atoms with Crippen molar-refractivity contribution in [1.82, 2.24) is 9.97 Å². The van der Waals surface area contributed by atoms with Gasteiger partial charge in [0.1, 0.15) is 17.6 Å². The van der Waals surface area contributed by atoms with E-state index in [2.05, 4.69) is 9.97 Å². The van der Waals surface area contributed by atoms with Crippen molar-refractivity contribution in [3.8, 4) is 18.2 Å². The van der Waals surface area contributed by atoms with E-state index in [1.807, 2.05) is 0 Å². The van der Waals surface area contributed by atoms with Crippen LogP contribution >= 0.6 is 0 Å². The second-order valence-corrected chi connectivity index (χ2v) is 2.33. The van der Waals surface area contributed by atoms with Crippen molar-refractivity contribution in [3.05, 3.63) is 17.6 Å². The average molecular weight is 184 g/mol. The smallest absolute Gasteiger partial charge is 0.178 e. The van der Waals surface area contributed by atoms with Crippen molar-refractivity contribution in [2.24, 2.45) is 0 Å². The molecule has 6 heteroatoms. The van der Waals surface area contributed by atoms with Crippen molar-refractivity contribution in [1.29, 1.82) is 15.8 Å². The van der Waals surface area contributed by atoms with Crippen LogP contribution in [0.3, 0.4) is 0 Å². The van der Waals surface area contributed by atoms with Gasteiger partial charge in [-0.3, -0.25) is 0 Å². The summed E-state index contributed by atoms with van der Waals surface area (Å²) in [5, 5.41) is 25.8. The minimum absolute atomic E-state index is 0.0116. The van der Waals surface area contributed by atoms with Crippen molar-refractivity contribution >= 4 is 5.82 Å². The lowest BCUT2D eigenvalue weighted by Crippen LogP contribution is -2.05. The SMILES string of the molecule is N#Cc1ncc(N)nc1C(C#N)C#N. The van der Waals surface area contributed by atoms with Gasteiger partial charge in [-0.15, -0.1) is 0 Å². The minimum atomic E-state index is -1.11. The molecule has 1 heterocycles. The molecule has 0 aliphatic rings. The van der Waals surface area contributed by atoms with Gasteiger partial charge < -0.3 is 5.73 Å². The molecule has 0 radical (unpaired) electrons. The van der Waals surface area contributed by atoms with Gasteiger partial charge >= 0.3 is 0 Å². The van der Waals surface area contributed by atoms with Gasteiger partial charge in [0.15, 0.2) is 11.6 Å². The summed E-state index contributed by atoms with van der Waals surface area (Å²) in [7, 11) is 0. The van der Waals surface area contributed by atoms with Crippen LogP contribution < -0.4 is 5.73 Å². The van der Waals surface area contributed by atoms with Crippen LogP contribution in [-0.2, 0) is 0 Å². The molecule has 1 aromatic rings. The van der Waals surface area contributed by atoms with Crippen LogP contribution in [0, 0.1) is 34.0 Å². The van der Waals surface area contributed by atoms with E-state index in [1.54, 1.807) is 18.2 Å². The van der Waals surface area contributed by atoms with Crippen LogP contribution in [0.4, 0.5) is 5.82 Å². The lowest BCUT2D eigenvalue weighted by molar-refractivity contribution is 0.972. The molecule has 0 saturated carbocycles. The fourth-order valence-electron chi connectivity index (χ4n) is 0.856. The predicted octanol–water partition coefficient (Wildman–Crippen LogP) is 0.0612. The first-order valence-corrected chi connectivity index (χ1v) is 3.54. The van der Waals surface area contributed by atoms with Gasteiger partial charge in [0.25, 0.3) is 0 Å². The van der Waals surface area contributed by atoms with Crippen molar-refractivity contribution in [2.45, 2.75) is 5.92 Å². The number of nitrogen functional groups attached to an aromatic ring is 1. The number of nitriles is 3. The highest BCUT2D eigenvalue weighted by atomic mass is 14.9. The van der Waals surface area contributed by atoms with Gasteiger partial charge in [-0.1, -0.05) is 0 Å². The summed E-state index contributed by atoms with van der Waals surface area (Å²) in [5.74, 6) is -1.03. The molecule has 6 nitrogen and oxygen atoms in total. The molecule has 0 saturated heterocycles. The van der Waals surface area contributed by atoms with Gasteiger partial charge in [0.05, 0.1) is 18.3 Å². The third-order valence-electron chi connectivity index (χ3n) is 1.46. The van der Waals surface area contributed by atoms with Crippen LogP contribution in [-0.4, -0.2) is 9.97 Å². The molecule has 0 amide bonds. The number of nitrogens with two attached hydrogens (primary N) is 1. The van der Waals surface area contributed by atoms with E-state index < -0.39 is 5.92 Å². The van der Waals surface area contributed by atoms with E-state index in [0.717, 1.165) is 0 Å². The van der Waals surface area contributed by atoms with Crippen LogP contribution in [0.15, 0.2) is 6.20 Å². The number of hydrogen-bond acceptors (Lipinski definition) is 6. The standard InChI is InChI=1S/C8H4N6/c9-1-5(2-10)8-6(3-11)13-4-7(12)14-8/h4-5H,(H2,12,14). The highest BCUT2D eigenvalue weighted by Gasteiger charge is 2.17. The van der Waals surface area contributed by atoms with Crippen LogP contribution in [0.25, 0.3) is 0 Å². The largest absolute Gasteiger partial charge is 0.382 e. The fourth-order valence-corrected chi connectivity index (χ4v) is 0.856. The number of anilines is 1. The molecule has 0 atom stereocenters. The second-order valence-electron chi connectivity index (χ2n) is 2.33. The average Bonchev–Trinajstić information content (AvgIpc) is 2.20. The molecular weight excluding hydrogens is 180 g/mol. The molecule has 1 aromatic heterocycles. The molecule has 1 rings (SSSR count). The maximum atomic E-state index is 8.64. The first kappa shape index (κ1) is 9.44. The van der Waals surface area contributed by atoms with Crippen molar-refractivity contribution in [3.63, 3.8) is 0 Å². The lowest BCUT2D eigenvalue weighted by Gasteiger charge is -2.01. The summed E-state index contributed by atoms with van der Waals surface area (Å²) in [6, 6.07) is 5.14. The Morgan fingerprint density at radius 1 is 1.29 bits per heavy atom. The Kier molecular flexibility index (Phi) is 2.59. The molecule has 66 valence electrons. The number of hydrogen-bond donors (Lipinski definition) is 1. The molecule has 0 aliphatic heterocycles. The second kappa shape index (κ2) is 3.84. The number of rotatable bonds is 1. The highest BCUT2D eigenvalue weighted by molar-refractivity contribution is 5.40. The Hall–Kier alpha value is -2.65. The Bertz CT molecular complexity index is 458. The van der Waals surface area contributed by atoms with E-state index in [1.165, 1.54) is 6.20 Å². The van der Waals surface area contributed by atoms with Gasteiger partial charge in [-0.25, -0.2) is 9.97 Å². The molecule has 0 aromatic carbocycles. The van der Waals surface area contributed by atoms with E-state index in [9.17, 15) is 0 Å². The zero-order chi connectivity index (χ0) is 10.6. The Balaban J connectivity index is 3.35. The van der Waals surface area contributed by atoms with Gasteiger partial charge in [0, 0.05) is 0 Å². The van der Waals surface area contributed by atoms with E-state index >= 15 is 0 Å². The molecular formula is C8H4N6. The first-order chi connectivity index (χ1) is 6.72. The first-order valence-electron chi connectivity index (χ1n) is 3.54. The molecule has 0 unspecified atom stereocenters. The summed E-state index contributed by atoms with van der Waals surface area (Å²) in [4.78, 5) is 7.40. The molecule has 0 fully saturated rings.